The molecule has 2 aromatic carbocycles. The molecule has 0 radical (unpaired) electrons. The Bertz CT molecular complexity index is 535. The molecule has 2 heteroatoms. The van der Waals surface area contributed by atoms with E-state index in [1.54, 1.807) is 7.11 Å². The monoisotopic (exact) mass is 237 g/mol. The van der Waals surface area contributed by atoms with Gasteiger partial charge in [0.2, 0.25) is 0 Å². The number of nitrogens with zero attached hydrogens (tertiary/aromatic N) is 1. The molecular formula is C16H15NO. The van der Waals surface area contributed by atoms with E-state index in [0.29, 0.717) is 5.56 Å². The fourth-order valence-electron chi connectivity index (χ4n) is 1.83. The van der Waals surface area contributed by atoms with Crippen molar-refractivity contribution in [3.8, 4) is 11.8 Å². The Morgan fingerprint density at radius 2 is 1.39 bits per heavy atom. The lowest BCUT2D eigenvalue weighted by atomic mass is 10.0. The zero-order valence-corrected chi connectivity index (χ0v) is 10.4. The maximum atomic E-state index is 8.72. The third kappa shape index (κ3) is 3.11. The quantitative estimate of drug-likeness (QED) is 0.817. The lowest BCUT2D eigenvalue weighted by Crippen LogP contribution is -1.92. The Kier molecular flexibility index (Phi) is 3.98. The second-order valence-electron chi connectivity index (χ2n) is 4.16. The van der Waals surface area contributed by atoms with Gasteiger partial charge in [-0.15, -0.1) is 0 Å². The zero-order valence-electron chi connectivity index (χ0n) is 10.4. The summed E-state index contributed by atoms with van der Waals surface area (Å²) in [7, 11) is 1.67. The minimum Gasteiger partial charge on any atom is -0.497 e. The van der Waals surface area contributed by atoms with Crippen LogP contribution in [0.2, 0.25) is 0 Å². The van der Waals surface area contributed by atoms with E-state index in [9.17, 15) is 0 Å². The van der Waals surface area contributed by atoms with E-state index in [-0.39, 0.29) is 0 Å². The normalized spacial score (nSPS) is 9.78. The van der Waals surface area contributed by atoms with Gasteiger partial charge in [0.15, 0.2) is 0 Å². The number of methoxy groups -OCH3 is 1. The lowest BCUT2D eigenvalue weighted by Gasteiger charge is -2.04. The van der Waals surface area contributed by atoms with Gasteiger partial charge in [0.05, 0.1) is 18.7 Å². The standard InChI is InChI=1S/C16H15NO/c1-18-16-10-8-14(9-11-16)3-2-13-4-6-15(12-17)7-5-13/h4-11H,2-3H2,1H3. The van der Waals surface area contributed by atoms with Crippen LogP contribution >= 0.6 is 0 Å². The summed E-state index contributed by atoms with van der Waals surface area (Å²) in [6.07, 6.45) is 1.98. The van der Waals surface area contributed by atoms with Gasteiger partial charge in [-0.05, 0) is 48.2 Å². The highest BCUT2D eigenvalue weighted by Gasteiger charge is 1.97. The third-order valence-electron chi connectivity index (χ3n) is 2.94. The van der Waals surface area contributed by atoms with Crippen molar-refractivity contribution in [1.29, 1.82) is 5.26 Å². The minimum atomic E-state index is 0.711. The van der Waals surface area contributed by atoms with Crippen molar-refractivity contribution in [2.45, 2.75) is 12.8 Å². The van der Waals surface area contributed by atoms with Crippen LogP contribution in [0.15, 0.2) is 48.5 Å². The number of hydrogen-bond donors (Lipinski definition) is 0. The molecule has 18 heavy (non-hydrogen) atoms. The summed E-state index contributed by atoms with van der Waals surface area (Å²) in [5.74, 6) is 0.886. The van der Waals surface area contributed by atoms with Crippen molar-refractivity contribution in [2.75, 3.05) is 7.11 Å². The fourth-order valence-corrected chi connectivity index (χ4v) is 1.83. The topological polar surface area (TPSA) is 33.0 Å². The third-order valence-corrected chi connectivity index (χ3v) is 2.94. The van der Waals surface area contributed by atoms with E-state index < -0.39 is 0 Å². The van der Waals surface area contributed by atoms with Crippen molar-refractivity contribution in [1.82, 2.24) is 0 Å². The van der Waals surface area contributed by atoms with E-state index >= 15 is 0 Å². The average Bonchev–Trinajstić information content (AvgIpc) is 2.46. The predicted octanol–water partition coefficient (Wildman–Crippen LogP) is 3.35. The summed E-state index contributed by atoms with van der Waals surface area (Å²) in [5, 5.41) is 8.72. The van der Waals surface area contributed by atoms with Crippen molar-refractivity contribution in [3.05, 3.63) is 65.2 Å². The summed E-state index contributed by atoms with van der Waals surface area (Å²) < 4.78 is 5.13. The van der Waals surface area contributed by atoms with Crippen LogP contribution in [0, 0.1) is 11.3 Å². The van der Waals surface area contributed by atoms with Crippen LogP contribution in [0.4, 0.5) is 0 Å². The van der Waals surface area contributed by atoms with Crippen molar-refractivity contribution in [3.63, 3.8) is 0 Å². The van der Waals surface area contributed by atoms with Crippen LogP contribution in [0.5, 0.6) is 5.75 Å². The molecule has 0 aliphatic carbocycles. The average molecular weight is 237 g/mol. The molecule has 0 aromatic heterocycles. The number of benzene rings is 2. The number of ether oxygens (including phenoxy) is 1. The first-order valence-corrected chi connectivity index (χ1v) is 5.94. The summed E-state index contributed by atoms with van der Waals surface area (Å²) in [4.78, 5) is 0. The molecule has 0 atom stereocenters. The van der Waals surface area contributed by atoms with Gasteiger partial charge in [-0.2, -0.15) is 5.26 Å². The molecule has 0 unspecified atom stereocenters. The van der Waals surface area contributed by atoms with Crippen LogP contribution in [-0.4, -0.2) is 7.11 Å². The second kappa shape index (κ2) is 5.88. The summed E-state index contributed by atoms with van der Waals surface area (Å²) >= 11 is 0. The molecule has 0 saturated carbocycles. The largest absolute Gasteiger partial charge is 0.497 e. The molecule has 0 spiro atoms. The Labute approximate surface area is 107 Å². The molecule has 0 saturated heterocycles. The van der Waals surface area contributed by atoms with E-state index in [4.69, 9.17) is 10.00 Å². The van der Waals surface area contributed by atoms with Gasteiger partial charge < -0.3 is 4.74 Å². The molecular weight excluding hydrogens is 222 g/mol. The molecule has 0 aliphatic rings. The highest BCUT2D eigenvalue weighted by Crippen LogP contribution is 2.13. The van der Waals surface area contributed by atoms with Gasteiger partial charge in [0.1, 0.15) is 5.75 Å². The predicted molar refractivity (Wildman–Crippen MR) is 71.6 cm³/mol. The fraction of sp³-hybridized carbons (Fsp3) is 0.188. The molecule has 2 aromatic rings. The summed E-state index contributed by atoms with van der Waals surface area (Å²) in [5.41, 5.74) is 3.26. The SMILES string of the molecule is COc1ccc(CCc2ccc(C#N)cc2)cc1. The van der Waals surface area contributed by atoms with Crippen LogP contribution in [0.1, 0.15) is 16.7 Å². The molecule has 0 bridgehead atoms. The smallest absolute Gasteiger partial charge is 0.118 e. The Balaban J connectivity index is 1.95. The van der Waals surface area contributed by atoms with Gasteiger partial charge in [-0.1, -0.05) is 24.3 Å². The minimum absolute atomic E-state index is 0.711. The second-order valence-corrected chi connectivity index (χ2v) is 4.16. The molecule has 0 amide bonds. The first kappa shape index (κ1) is 12.2. The van der Waals surface area contributed by atoms with Crippen LogP contribution in [0.25, 0.3) is 0 Å². The van der Waals surface area contributed by atoms with Crippen molar-refractivity contribution >= 4 is 0 Å². The molecule has 0 aliphatic heterocycles. The molecule has 0 fully saturated rings. The van der Waals surface area contributed by atoms with Crippen LogP contribution < -0.4 is 4.74 Å². The van der Waals surface area contributed by atoms with E-state index in [0.717, 1.165) is 18.6 Å². The molecule has 0 N–H and O–H groups in total. The zero-order chi connectivity index (χ0) is 12.8. The van der Waals surface area contributed by atoms with E-state index in [1.807, 2.05) is 36.4 Å². The molecule has 2 rings (SSSR count). The number of aryl methyl sites for hydroxylation is 2. The first-order valence-electron chi connectivity index (χ1n) is 5.94. The van der Waals surface area contributed by atoms with Gasteiger partial charge in [-0.3, -0.25) is 0 Å². The Morgan fingerprint density at radius 3 is 1.83 bits per heavy atom. The molecule has 90 valence electrons. The summed E-state index contributed by atoms with van der Waals surface area (Å²) in [6, 6.07) is 18.0. The molecule has 0 heterocycles. The van der Waals surface area contributed by atoms with Gasteiger partial charge in [0.25, 0.3) is 0 Å². The number of hydrogen-bond acceptors (Lipinski definition) is 2. The van der Waals surface area contributed by atoms with Crippen molar-refractivity contribution < 1.29 is 4.74 Å². The Morgan fingerprint density at radius 1 is 0.889 bits per heavy atom. The summed E-state index contributed by atoms with van der Waals surface area (Å²) in [6.45, 7) is 0. The number of nitriles is 1. The number of rotatable bonds is 4. The highest BCUT2D eigenvalue weighted by atomic mass is 16.5. The van der Waals surface area contributed by atoms with Crippen LogP contribution in [0.3, 0.4) is 0 Å². The van der Waals surface area contributed by atoms with Crippen LogP contribution in [-0.2, 0) is 12.8 Å². The maximum absolute atomic E-state index is 8.72. The first-order chi connectivity index (χ1) is 8.81. The van der Waals surface area contributed by atoms with E-state index in [1.165, 1.54) is 11.1 Å². The van der Waals surface area contributed by atoms with Gasteiger partial charge in [0, 0.05) is 0 Å². The van der Waals surface area contributed by atoms with Gasteiger partial charge >= 0.3 is 0 Å². The van der Waals surface area contributed by atoms with E-state index in [2.05, 4.69) is 18.2 Å². The van der Waals surface area contributed by atoms with Gasteiger partial charge in [-0.25, -0.2) is 0 Å². The molecule has 2 nitrogen and oxygen atoms in total. The lowest BCUT2D eigenvalue weighted by molar-refractivity contribution is 0.414. The highest BCUT2D eigenvalue weighted by molar-refractivity contribution is 5.32. The van der Waals surface area contributed by atoms with Crippen molar-refractivity contribution in [2.24, 2.45) is 0 Å². The maximum Gasteiger partial charge on any atom is 0.118 e. The Hall–Kier alpha value is -2.27.